The molecule has 1 heterocycles. The van der Waals surface area contributed by atoms with Crippen LogP contribution in [0.1, 0.15) is 23.5 Å². The molecule has 0 bridgehead atoms. The van der Waals surface area contributed by atoms with Crippen molar-refractivity contribution >= 4 is 11.9 Å². The maximum atomic E-state index is 11.0. The largest absolute Gasteiger partial charge is 0.463 e. The van der Waals surface area contributed by atoms with Crippen molar-refractivity contribution in [2.45, 2.75) is 19.4 Å². The van der Waals surface area contributed by atoms with Crippen LogP contribution in [-0.2, 0) is 16.1 Å². The molecule has 0 spiro atoms. The summed E-state index contributed by atoms with van der Waals surface area (Å²) >= 11 is 0. The molecule has 0 radical (unpaired) electrons. The third kappa shape index (κ3) is 3.34. The highest BCUT2D eigenvalue weighted by atomic mass is 16.5. The van der Waals surface area contributed by atoms with E-state index in [1.165, 1.54) is 18.1 Å². The normalized spacial score (nSPS) is 9.88. The van der Waals surface area contributed by atoms with Gasteiger partial charge in [0.05, 0.1) is 7.11 Å². The minimum atomic E-state index is -0.565. The summed E-state index contributed by atoms with van der Waals surface area (Å²) in [6.45, 7) is 0.539. The number of aryl methyl sites for hydroxylation is 1. The molecular weight excluding hydrogens is 212 g/mol. The van der Waals surface area contributed by atoms with E-state index in [9.17, 15) is 9.59 Å². The van der Waals surface area contributed by atoms with Crippen molar-refractivity contribution in [2.24, 2.45) is 0 Å². The van der Waals surface area contributed by atoms with E-state index in [-0.39, 0.29) is 11.7 Å². The fraction of sp³-hybridized carbons (Fsp3) is 0.556. The minimum absolute atomic E-state index is 0.0201. The van der Waals surface area contributed by atoms with Gasteiger partial charge in [-0.05, 0) is 6.42 Å². The summed E-state index contributed by atoms with van der Waals surface area (Å²) in [5, 5.41) is 6.43. The lowest BCUT2D eigenvalue weighted by molar-refractivity contribution is -0.120. The summed E-state index contributed by atoms with van der Waals surface area (Å²) in [6, 6.07) is 0. The predicted molar refractivity (Wildman–Crippen MR) is 54.7 cm³/mol. The quantitative estimate of drug-likeness (QED) is 0.690. The zero-order valence-corrected chi connectivity index (χ0v) is 9.27. The average Bonchev–Trinajstić information content (AvgIpc) is 2.76. The molecule has 1 aromatic heterocycles. The molecular formula is C9H14N4O3. The van der Waals surface area contributed by atoms with Crippen LogP contribution in [0.4, 0.5) is 0 Å². The summed E-state index contributed by atoms with van der Waals surface area (Å²) in [5.74, 6) is -0.555. The number of methoxy groups -OCH3 is 1. The fourth-order valence-electron chi connectivity index (χ4n) is 1.11. The Morgan fingerprint density at radius 2 is 2.31 bits per heavy atom. The van der Waals surface area contributed by atoms with Gasteiger partial charge in [0.2, 0.25) is 5.91 Å². The van der Waals surface area contributed by atoms with Crippen LogP contribution in [0.3, 0.4) is 0 Å². The molecule has 1 N–H and O–H groups in total. The molecule has 0 fully saturated rings. The minimum Gasteiger partial charge on any atom is -0.463 e. The molecule has 7 heteroatoms. The molecule has 0 aliphatic rings. The van der Waals surface area contributed by atoms with E-state index < -0.39 is 5.97 Å². The van der Waals surface area contributed by atoms with Gasteiger partial charge in [0.15, 0.2) is 0 Å². The van der Waals surface area contributed by atoms with Gasteiger partial charge < -0.3 is 10.1 Å². The van der Waals surface area contributed by atoms with Gasteiger partial charge in [-0.1, -0.05) is 0 Å². The standard InChI is InChI=1S/C9H14N4O3/c1-10-7(14)4-3-5-13-6-11-8(12-13)9(15)16-2/h6H,3-5H2,1-2H3,(H,10,14). The number of hydrogen-bond donors (Lipinski definition) is 1. The van der Waals surface area contributed by atoms with Gasteiger partial charge >= 0.3 is 5.97 Å². The van der Waals surface area contributed by atoms with E-state index in [1.54, 1.807) is 7.05 Å². The first kappa shape index (κ1) is 12.2. The molecule has 0 saturated carbocycles. The van der Waals surface area contributed by atoms with E-state index >= 15 is 0 Å². The van der Waals surface area contributed by atoms with Gasteiger partial charge in [-0.2, -0.15) is 0 Å². The number of rotatable bonds is 5. The third-order valence-corrected chi connectivity index (χ3v) is 1.97. The molecule has 0 aromatic carbocycles. The molecule has 1 aromatic rings. The molecule has 0 atom stereocenters. The lowest BCUT2D eigenvalue weighted by Crippen LogP contribution is -2.17. The zero-order chi connectivity index (χ0) is 12.0. The zero-order valence-electron chi connectivity index (χ0n) is 9.27. The van der Waals surface area contributed by atoms with E-state index in [1.807, 2.05) is 0 Å². The van der Waals surface area contributed by atoms with Gasteiger partial charge in [-0.25, -0.2) is 9.78 Å². The number of carbonyl (C=O) groups is 2. The van der Waals surface area contributed by atoms with E-state index in [2.05, 4.69) is 20.1 Å². The van der Waals surface area contributed by atoms with Crippen molar-refractivity contribution in [3.63, 3.8) is 0 Å². The lowest BCUT2D eigenvalue weighted by atomic mass is 10.3. The molecule has 7 nitrogen and oxygen atoms in total. The Morgan fingerprint density at radius 3 is 2.94 bits per heavy atom. The Kier molecular flexibility index (Phi) is 4.43. The SMILES string of the molecule is CNC(=O)CCCn1cnc(C(=O)OC)n1. The third-order valence-electron chi connectivity index (χ3n) is 1.97. The highest BCUT2D eigenvalue weighted by Gasteiger charge is 2.10. The number of amides is 1. The van der Waals surface area contributed by atoms with Crippen LogP contribution in [0.5, 0.6) is 0 Å². The Hall–Kier alpha value is -1.92. The number of nitrogens with zero attached hydrogens (tertiary/aromatic N) is 3. The van der Waals surface area contributed by atoms with Crippen LogP contribution < -0.4 is 5.32 Å². The fourth-order valence-corrected chi connectivity index (χ4v) is 1.11. The molecule has 0 aliphatic heterocycles. The van der Waals surface area contributed by atoms with Crippen molar-refractivity contribution in [3.05, 3.63) is 12.2 Å². The van der Waals surface area contributed by atoms with Gasteiger partial charge in [-0.15, -0.1) is 5.10 Å². The number of nitrogens with one attached hydrogen (secondary N) is 1. The van der Waals surface area contributed by atoms with Gasteiger partial charge in [0, 0.05) is 20.0 Å². The Morgan fingerprint density at radius 1 is 1.56 bits per heavy atom. The van der Waals surface area contributed by atoms with E-state index in [0.717, 1.165) is 0 Å². The van der Waals surface area contributed by atoms with Gasteiger partial charge in [0.1, 0.15) is 6.33 Å². The predicted octanol–water partition coefficient (Wildman–Crippen LogP) is -0.409. The Labute approximate surface area is 92.8 Å². The second-order valence-corrected chi connectivity index (χ2v) is 3.10. The van der Waals surface area contributed by atoms with Crippen LogP contribution in [0, 0.1) is 0 Å². The van der Waals surface area contributed by atoms with Crippen molar-refractivity contribution in [2.75, 3.05) is 14.2 Å². The highest BCUT2D eigenvalue weighted by molar-refractivity contribution is 5.84. The number of carbonyl (C=O) groups excluding carboxylic acids is 2. The average molecular weight is 226 g/mol. The van der Waals surface area contributed by atoms with Gasteiger partial charge in [0.25, 0.3) is 5.82 Å². The maximum Gasteiger partial charge on any atom is 0.377 e. The summed E-state index contributed by atoms with van der Waals surface area (Å²) in [4.78, 5) is 25.7. The van der Waals surface area contributed by atoms with Gasteiger partial charge in [-0.3, -0.25) is 9.48 Å². The van der Waals surface area contributed by atoms with E-state index in [0.29, 0.717) is 19.4 Å². The molecule has 0 saturated heterocycles. The summed E-state index contributed by atoms with van der Waals surface area (Å²) in [7, 11) is 2.86. The summed E-state index contributed by atoms with van der Waals surface area (Å²) in [6.07, 6.45) is 2.50. The van der Waals surface area contributed by atoms with Crippen LogP contribution in [-0.4, -0.2) is 40.8 Å². The van der Waals surface area contributed by atoms with Crippen molar-refractivity contribution in [3.8, 4) is 0 Å². The van der Waals surface area contributed by atoms with Crippen LogP contribution in [0.15, 0.2) is 6.33 Å². The van der Waals surface area contributed by atoms with Crippen LogP contribution >= 0.6 is 0 Å². The molecule has 88 valence electrons. The first-order valence-electron chi connectivity index (χ1n) is 4.85. The van der Waals surface area contributed by atoms with E-state index in [4.69, 9.17) is 0 Å². The second-order valence-electron chi connectivity index (χ2n) is 3.10. The highest BCUT2D eigenvalue weighted by Crippen LogP contribution is 1.96. The summed E-state index contributed by atoms with van der Waals surface area (Å²) in [5.41, 5.74) is 0. The van der Waals surface area contributed by atoms with Crippen LogP contribution in [0.2, 0.25) is 0 Å². The number of esters is 1. The molecule has 1 rings (SSSR count). The molecule has 0 unspecified atom stereocenters. The number of aromatic nitrogens is 3. The van der Waals surface area contributed by atoms with Crippen molar-refractivity contribution in [1.82, 2.24) is 20.1 Å². The number of hydrogen-bond acceptors (Lipinski definition) is 5. The van der Waals surface area contributed by atoms with Crippen LogP contribution in [0.25, 0.3) is 0 Å². The molecule has 16 heavy (non-hydrogen) atoms. The smallest absolute Gasteiger partial charge is 0.377 e. The Balaban J connectivity index is 2.41. The topological polar surface area (TPSA) is 86.1 Å². The maximum absolute atomic E-state index is 11.0. The first-order valence-corrected chi connectivity index (χ1v) is 4.85. The van der Waals surface area contributed by atoms with Crippen molar-refractivity contribution < 1.29 is 14.3 Å². The molecule has 1 amide bonds. The Bertz CT molecular complexity index is 375. The first-order chi connectivity index (χ1) is 7.67. The second kappa shape index (κ2) is 5.84. The summed E-state index contributed by atoms with van der Waals surface area (Å²) < 4.78 is 5.98. The van der Waals surface area contributed by atoms with Crippen molar-refractivity contribution in [1.29, 1.82) is 0 Å². The lowest BCUT2D eigenvalue weighted by Gasteiger charge is -1.99. The number of ether oxygens (including phenoxy) is 1. The molecule has 0 aliphatic carbocycles. The monoisotopic (exact) mass is 226 g/mol.